The van der Waals surface area contributed by atoms with Crippen LogP contribution in [0.15, 0.2) is 6.07 Å². The molecule has 18 heavy (non-hydrogen) atoms. The number of hydrogen-bond acceptors (Lipinski definition) is 3. The highest BCUT2D eigenvalue weighted by atomic mass is 16.2. The molecule has 0 bridgehead atoms. The molecule has 2 rings (SSSR count). The Morgan fingerprint density at radius 2 is 2.33 bits per heavy atom. The number of hydrogen-bond donors (Lipinski definition) is 1. The Morgan fingerprint density at radius 1 is 1.67 bits per heavy atom. The van der Waals surface area contributed by atoms with Crippen LogP contribution >= 0.6 is 0 Å². The molecular formula is C13H22N4O. The van der Waals surface area contributed by atoms with Crippen molar-refractivity contribution in [2.24, 2.45) is 13.0 Å². The number of aromatic nitrogens is 2. The smallest absolute Gasteiger partial charge is 0.239 e. The second-order valence-corrected chi connectivity index (χ2v) is 5.34. The Balaban J connectivity index is 1.86. The normalized spacial score (nSPS) is 16.9. The summed E-state index contributed by atoms with van der Waals surface area (Å²) in [5, 5.41) is 7.10. The lowest BCUT2D eigenvalue weighted by Crippen LogP contribution is -2.37. The van der Waals surface area contributed by atoms with Crippen molar-refractivity contribution >= 4 is 11.7 Å². The zero-order valence-corrected chi connectivity index (χ0v) is 11.6. The van der Waals surface area contributed by atoms with Gasteiger partial charge in [-0.05, 0) is 39.7 Å². The number of rotatable bonds is 5. The number of nitrogens with zero attached hydrogens (tertiary/aromatic N) is 3. The molecule has 0 aromatic carbocycles. The minimum atomic E-state index is 0.0213. The van der Waals surface area contributed by atoms with E-state index in [1.165, 1.54) is 12.8 Å². The highest BCUT2D eigenvalue weighted by Gasteiger charge is 2.31. The summed E-state index contributed by atoms with van der Waals surface area (Å²) in [5.41, 5.74) is 0.910. The van der Waals surface area contributed by atoms with Crippen LogP contribution in [0.5, 0.6) is 0 Å². The van der Waals surface area contributed by atoms with Crippen LogP contribution in [0.3, 0.4) is 0 Å². The van der Waals surface area contributed by atoms with Crippen LogP contribution in [0.2, 0.25) is 0 Å². The quantitative estimate of drug-likeness (QED) is 0.859. The molecule has 1 fully saturated rings. The predicted octanol–water partition coefficient (Wildman–Crippen LogP) is 1.40. The van der Waals surface area contributed by atoms with Gasteiger partial charge in [0, 0.05) is 19.2 Å². The van der Waals surface area contributed by atoms with Crippen molar-refractivity contribution in [1.82, 2.24) is 14.7 Å². The first-order valence-electron chi connectivity index (χ1n) is 6.48. The zero-order chi connectivity index (χ0) is 13.3. The van der Waals surface area contributed by atoms with E-state index in [2.05, 4.69) is 22.2 Å². The summed E-state index contributed by atoms with van der Waals surface area (Å²) in [6.07, 6.45) is 2.60. The fourth-order valence-electron chi connectivity index (χ4n) is 2.22. The number of likely N-dealkylation sites (N-methyl/N-ethyl adjacent to an activating group) is 1. The molecule has 1 atom stereocenters. The van der Waals surface area contributed by atoms with Crippen molar-refractivity contribution in [3.05, 3.63) is 11.8 Å². The molecule has 1 unspecified atom stereocenters. The van der Waals surface area contributed by atoms with Crippen molar-refractivity contribution in [3.63, 3.8) is 0 Å². The lowest BCUT2D eigenvalue weighted by molar-refractivity contribution is -0.117. The Bertz CT molecular complexity index is 436. The molecule has 1 N–H and O–H groups in total. The van der Waals surface area contributed by atoms with Gasteiger partial charge in [-0.3, -0.25) is 14.4 Å². The molecule has 0 radical (unpaired) electrons. The van der Waals surface area contributed by atoms with Gasteiger partial charge in [0.05, 0.1) is 12.2 Å². The van der Waals surface area contributed by atoms with Crippen LogP contribution in [0.25, 0.3) is 0 Å². The molecule has 1 aromatic rings. The molecule has 1 aliphatic rings. The van der Waals surface area contributed by atoms with Gasteiger partial charge in [-0.1, -0.05) is 0 Å². The predicted molar refractivity (Wildman–Crippen MR) is 71.4 cm³/mol. The summed E-state index contributed by atoms with van der Waals surface area (Å²) in [4.78, 5) is 14.1. The van der Waals surface area contributed by atoms with Gasteiger partial charge in [0.15, 0.2) is 0 Å². The Hall–Kier alpha value is -1.36. The first kappa shape index (κ1) is 13.1. The van der Waals surface area contributed by atoms with Crippen molar-refractivity contribution < 1.29 is 4.79 Å². The van der Waals surface area contributed by atoms with E-state index in [4.69, 9.17) is 0 Å². The molecule has 5 heteroatoms. The molecule has 5 nitrogen and oxygen atoms in total. The molecule has 1 amide bonds. The van der Waals surface area contributed by atoms with E-state index < -0.39 is 0 Å². The minimum absolute atomic E-state index is 0.0213. The third-order valence-electron chi connectivity index (χ3n) is 3.66. The second-order valence-electron chi connectivity index (χ2n) is 5.34. The summed E-state index contributed by atoms with van der Waals surface area (Å²) >= 11 is 0. The maximum atomic E-state index is 11.9. The van der Waals surface area contributed by atoms with E-state index in [0.29, 0.717) is 12.6 Å². The van der Waals surface area contributed by atoms with Gasteiger partial charge >= 0.3 is 0 Å². The van der Waals surface area contributed by atoms with Crippen molar-refractivity contribution in [2.45, 2.75) is 32.7 Å². The number of carbonyl (C=O) groups excluding carboxylic acids is 1. The molecule has 1 saturated carbocycles. The number of nitrogens with one attached hydrogen (secondary N) is 1. The first-order valence-corrected chi connectivity index (χ1v) is 6.48. The number of amides is 1. The highest BCUT2D eigenvalue weighted by Crippen LogP contribution is 2.34. The maximum absolute atomic E-state index is 11.9. The standard InChI is InChI=1S/C13H22N4O/c1-9-7-12(17(4)15-9)14-13(18)8-16(3)10(2)11-5-6-11/h7,10-11H,5-6,8H2,1-4H3,(H,14,18). The van der Waals surface area contributed by atoms with Crippen molar-refractivity contribution in [2.75, 3.05) is 18.9 Å². The van der Waals surface area contributed by atoms with E-state index in [0.717, 1.165) is 17.4 Å². The molecule has 0 aliphatic heterocycles. The van der Waals surface area contributed by atoms with Crippen molar-refractivity contribution in [3.8, 4) is 0 Å². The Morgan fingerprint density at radius 3 is 2.83 bits per heavy atom. The van der Waals surface area contributed by atoms with Gasteiger partial charge in [0.2, 0.25) is 5.91 Å². The van der Waals surface area contributed by atoms with E-state index in [9.17, 15) is 4.79 Å². The highest BCUT2D eigenvalue weighted by molar-refractivity contribution is 5.91. The fourth-order valence-corrected chi connectivity index (χ4v) is 2.22. The lowest BCUT2D eigenvalue weighted by atomic mass is 10.2. The largest absolute Gasteiger partial charge is 0.310 e. The average Bonchev–Trinajstić information content (AvgIpc) is 3.06. The minimum Gasteiger partial charge on any atom is -0.310 e. The molecule has 1 heterocycles. The molecule has 1 aromatic heterocycles. The topological polar surface area (TPSA) is 50.2 Å². The van der Waals surface area contributed by atoms with Crippen LogP contribution in [-0.4, -0.2) is 40.2 Å². The van der Waals surface area contributed by atoms with Crippen LogP contribution in [0.4, 0.5) is 5.82 Å². The van der Waals surface area contributed by atoms with Crippen molar-refractivity contribution in [1.29, 1.82) is 0 Å². The number of carbonyl (C=O) groups is 1. The van der Waals surface area contributed by atoms with Crippen LogP contribution < -0.4 is 5.32 Å². The summed E-state index contributed by atoms with van der Waals surface area (Å²) in [6.45, 7) is 4.54. The zero-order valence-electron chi connectivity index (χ0n) is 11.6. The van der Waals surface area contributed by atoms with Gasteiger partial charge in [-0.25, -0.2) is 0 Å². The van der Waals surface area contributed by atoms with Gasteiger partial charge < -0.3 is 5.32 Å². The van der Waals surface area contributed by atoms with Gasteiger partial charge in [0.1, 0.15) is 5.82 Å². The molecular weight excluding hydrogens is 228 g/mol. The SMILES string of the molecule is Cc1cc(NC(=O)CN(C)C(C)C2CC2)n(C)n1. The second kappa shape index (κ2) is 5.10. The Kier molecular flexibility index (Phi) is 3.71. The van der Waals surface area contributed by atoms with Gasteiger partial charge in [0.25, 0.3) is 0 Å². The van der Waals surface area contributed by atoms with Crippen LogP contribution in [-0.2, 0) is 11.8 Å². The maximum Gasteiger partial charge on any atom is 0.239 e. The monoisotopic (exact) mass is 250 g/mol. The van der Waals surface area contributed by atoms with E-state index in [1.54, 1.807) is 4.68 Å². The summed E-state index contributed by atoms with van der Waals surface area (Å²) in [5.74, 6) is 1.56. The van der Waals surface area contributed by atoms with E-state index in [-0.39, 0.29) is 5.91 Å². The van der Waals surface area contributed by atoms with E-state index in [1.807, 2.05) is 27.1 Å². The summed E-state index contributed by atoms with van der Waals surface area (Å²) in [6, 6.07) is 2.37. The average molecular weight is 250 g/mol. The van der Waals surface area contributed by atoms with Gasteiger partial charge in [-0.15, -0.1) is 0 Å². The fraction of sp³-hybridized carbons (Fsp3) is 0.692. The molecule has 0 saturated heterocycles. The summed E-state index contributed by atoms with van der Waals surface area (Å²) < 4.78 is 1.69. The molecule has 100 valence electrons. The van der Waals surface area contributed by atoms with E-state index >= 15 is 0 Å². The Labute approximate surface area is 108 Å². The lowest BCUT2D eigenvalue weighted by Gasteiger charge is -2.23. The van der Waals surface area contributed by atoms with Crippen LogP contribution in [0.1, 0.15) is 25.5 Å². The molecule has 0 spiro atoms. The summed E-state index contributed by atoms with van der Waals surface area (Å²) in [7, 11) is 3.84. The third kappa shape index (κ3) is 3.10. The first-order chi connectivity index (χ1) is 8.47. The third-order valence-corrected chi connectivity index (χ3v) is 3.66. The molecule has 1 aliphatic carbocycles. The van der Waals surface area contributed by atoms with Gasteiger partial charge in [-0.2, -0.15) is 5.10 Å². The number of anilines is 1. The number of aryl methyl sites for hydroxylation is 2. The van der Waals surface area contributed by atoms with Crippen LogP contribution in [0, 0.1) is 12.8 Å².